The second-order valence-corrected chi connectivity index (χ2v) is 8.14. The van der Waals surface area contributed by atoms with Gasteiger partial charge in [0.05, 0.1) is 0 Å². The molecule has 1 aliphatic rings. The zero-order valence-electron chi connectivity index (χ0n) is 18.4. The summed E-state index contributed by atoms with van der Waals surface area (Å²) in [7, 11) is 0. The Morgan fingerprint density at radius 2 is 1.45 bits per heavy atom. The summed E-state index contributed by atoms with van der Waals surface area (Å²) < 4.78 is 6.16. The standard InChI is InChI=1S/C28H31NO2/c1-3-18-29-19-26(20-29)31-25-16-12-23(13-17-25)28(22-10-14-24(30)15-11-22)27(4-2)21-8-6-5-7-9-21/h5-17,26,30H,3-4,18-20H2,1-2H3. The van der Waals surface area contributed by atoms with E-state index in [4.69, 9.17) is 4.74 Å². The number of allylic oxidation sites excluding steroid dienone is 1. The molecule has 0 spiro atoms. The molecule has 1 heterocycles. The zero-order valence-corrected chi connectivity index (χ0v) is 18.4. The molecule has 1 N–H and O–H groups in total. The lowest BCUT2D eigenvalue weighted by molar-refractivity contribution is 0.0202. The molecule has 3 aromatic rings. The molecule has 3 aromatic carbocycles. The third-order valence-corrected chi connectivity index (χ3v) is 5.84. The fourth-order valence-corrected chi connectivity index (χ4v) is 4.30. The Hall–Kier alpha value is -3.04. The second kappa shape index (κ2) is 9.84. The number of hydrogen-bond acceptors (Lipinski definition) is 3. The van der Waals surface area contributed by atoms with Crippen molar-refractivity contribution < 1.29 is 9.84 Å². The molecule has 0 amide bonds. The largest absolute Gasteiger partial charge is 0.508 e. The number of phenolic OH excluding ortho intramolecular Hbond substituents is 1. The minimum absolute atomic E-state index is 0.280. The van der Waals surface area contributed by atoms with Gasteiger partial charge in [-0.3, -0.25) is 4.90 Å². The van der Waals surface area contributed by atoms with Gasteiger partial charge in [0.1, 0.15) is 17.6 Å². The summed E-state index contributed by atoms with van der Waals surface area (Å²) in [6, 6.07) is 26.5. The Labute approximate surface area is 185 Å². The van der Waals surface area contributed by atoms with Crippen LogP contribution in [0.2, 0.25) is 0 Å². The number of rotatable bonds is 8. The van der Waals surface area contributed by atoms with Crippen molar-refractivity contribution in [1.29, 1.82) is 0 Å². The van der Waals surface area contributed by atoms with Crippen LogP contribution in [0, 0.1) is 0 Å². The number of likely N-dealkylation sites (tertiary alicyclic amines) is 1. The summed E-state index contributed by atoms with van der Waals surface area (Å²) in [6.07, 6.45) is 2.39. The Bertz CT molecular complexity index is 1000. The molecule has 0 aromatic heterocycles. The van der Waals surface area contributed by atoms with Crippen molar-refractivity contribution in [2.45, 2.75) is 32.8 Å². The van der Waals surface area contributed by atoms with E-state index in [1.54, 1.807) is 12.1 Å². The molecule has 0 radical (unpaired) electrons. The van der Waals surface area contributed by atoms with Gasteiger partial charge < -0.3 is 9.84 Å². The summed E-state index contributed by atoms with van der Waals surface area (Å²) in [5.74, 6) is 1.20. The smallest absolute Gasteiger partial charge is 0.124 e. The van der Waals surface area contributed by atoms with E-state index in [2.05, 4.69) is 67.3 Å². The van der Waals surface area contributed by atoms with Crippen LogP contribution in [0.1, 0.15) is 43.4 Å². The molecule has 0 aliphatic carbocycles. The number of ether oxygens (including phenoxy) is 1. The lowest BCUT2D eigenvalue weighted by Gasteiger charge is -2.38. The van der Waals surface area contributed by atoms with Gasteiger partial charge in [-0.25, -0.2) is 0 Å². The third kappa shape index (κ3) is 5.00. The number of benzene rings is 3. The summed E-state index contributed by atoms with van der Waals surface area (Å²) in [5.41, 5.74) is 5.95. The molecule has 0 unspecified atom stereocenters. The Morgan fingerprint density at radius 3 is 2.03 bits per heavy atom. The maximum Gasteiger partial charge on any atom is 0.124 e. The van der Waals surface area contributed by atoms with Crippen LogP contribution in [0.25, 0.3) is 11.1 Å². The topological polar surface area (TPSA) is 32.7 Å². The lowest BCUT2D eigenvalue weighted by Crippen LogP contribution is -2.53. The van der Waals surface area contributed by atoms with Gasteiger partial charge in [0, 0.05) is 13.1 Å². The van der Waals surface area contributed by atoms with E-state index in [1.807, 2.05) is 18.2 Å². The van der Waals surface area contributed by atoms with Crippen molar-refractivity contribution in [1.82, 2.24) is 4.90 Å². The highest BCUT2D eigenvalue weighted by atomic mass is 16.5. The molecular formula is C28H31NO2. The number of phenols is 1. The van der Waals surface area contributed by atoms with E-state index in [-0.39, 0.29) is 5.75 Å². The van der Waals surface area contributed by atoms with Crippen LogP contribution in [-0.4, -0.2) is 35.7 Å². The number of aromatic hydroxyl groups is 1. The first-order chi connectivity index (χ1) is 15.2. The molecule has 1 aliphatic heterocycles. The minimum atomic E-state index is 0.280. The molecule has 1 saturated heterocycles. The van der Waals surface area contributed by atoms with Crippen LogP contribution in [0.4, 0.5) is 0 Å². The van der Waals surface area contributed by atoms with Crippen molar-refractivity contribution in [3.05, 3.63) is 95.6 Å². The summed E-state index contributed by atoms with van der Waals surface area (Å²) in [4.78, 5) is 2.43. The van der Waals surface area contributed by atoms with Crippen molar-refractivity contribution >= 4 is 11.1 Å². The Kier molecular flexibility index (Phi) is 6.73. The normalized spacial score (nSPS) is 15.3. The van der Waals surface area contributed by atoms with Gasteiger partial charge >= 0.3 is 0 Å². The number of hydrogen-bond donors (Lipinski definition) is 1. The summed E-state index contributed by atoms with van der Waals surface area (Å²) in [5, 5.41) is 9.79. The van der Waals surface area contributed by atoms with E-state index >= 15 is 0 Å². The maximum absolute atomic E-state index is 9.79. The highest BCUT2D eigenvalue weighted by Gasteiger charge is 2.27. The third-order valence-electron chi connectivity index (χ3n) is 5.84. The predicted molar refractivity (Wildman–Crippen MR) is 128 cm³/mol. The monoisotopic (exact) mass is 413 g/mol. The van der Waals surface area contributed by atoms with Gasteiger partial charge in [-0.15, -0.1) is 0 Å². The summed E-state index contributed by atoms with van der Waals surface area (Å²) >= 11 is 0. The van der Waals surface area contributed by atoms with E-state index in [9.17, 15) is 5.11 Å². The minimum Gasteiger partial charge on any atom is -0.508 e. The van der Waals surface area contributed by atoms with Gasteiger partial charge in [0.2, 0.25) is 0 Å². The highest BCUT2D eigenvalue weighted by molar-refractivity contribution is 5.98. The molecule has 0 atom stereocenters. The quantitative estimate of drug-likeness (QED) is 0.444. The molecule has 0 bridgehead atoms. The van der Waals surface area contributed by atoms with Gasteiger partial charge in [0.25, 0.3) is 0 Å². The van der Waals surface area contributed by atoms with Gasteiger partial charge in [-0.05, 0) is 71.5 Å². The van der Waals surface area contributed by atoms with Crippen LogP contribution in [0.3, 0.4) is 0 Å². The second-order valence-electron chi connectivity index (χ2n) is 8.14. The molecule has 0 saturated carbocycles. The van der Waals surface area contributed by atoms with Crippen LogP contribution in [0.15, 0.2) is 78.9 Å². The fourth-order valence-electron chi connectivity index (χ4n) is 4.30. The van der Waals surface area contributed by atoms with Gasteiger partial charge in [-0.2, -0.15) is 0 Å². The van der Waals surface area contributed by atoms with E-state index < -0.39 is 0 Å². The molecule has 31 heavy (non-hydrogen) atoms. The van der Waals surface area contributed by atoms with Crippen LogP contribution in [-0.2, 0) is 0 Å². The van der Waals surface area contributed by atoms with Gasteiger partial charge in [0.15, 0.2) is 0 Å². The lowest BCUT2D eigenvalue weighted by atomic mass is 9.88. The Balaban J connectivity index is 1.64. The van der Waals surface area contributed by atoms with Crippen molar-refractivity contribution in [3.8, 4) is 11.5 Å². The molecular weight excluding hydrogens is 382 g/mol. The number of nitrogens with zero attached hydrogens (tertiary/aromatic N) is 1. The maximum atomic E-state index is 9.79. The van der Waals surface area contributed by atoms with Crippen molar-refractivity contribution in [2.24, 2.45) is 0 Å². The van der Waals surface area contributed by atoms with E-state index in [0.29, 0.717) is 6.10 Å². The van der Waals surface area contributed by atoms with Crippen molar-refractivity contribution in [2.75, 3.05) is 19.6 Å². The predicted octanol–water partition coefficient (Wildman–Crippen LogP) is 6.23. The van der Waals surface area contributed by atoms with Crippen LogP contribution < -0.4 is 4.74 Å². The van der Waals surface area contributed by atoms with Crippen LogP contribution in [0.5, 0.6) is 11.5 Å². The Morgan fingerprint density at radius 1 is 0.839 bits per heavy atom. The fraction of sp³-hybridized carbons (Fsp3) is 0.286. The first-order valence-electron chi connectivity index (χ1n) is 11.2. The highest BCUT2D eigenvalue weighted by Crippen LogP contribution is 2.35. The summed E-state index contributed by atoms with van der Waals surface area (Å²) in [6.45, 7) is 7.59. The molecule has 1 fully saturated rings. The average Bonchev–Trinajstić information content (AvgIpc) is 2.78. The molecule has 4 rings (SSSR count). The van der Waals surface area contributed by atoms with E-state index in [0.717, 1.165) is 42.9 Å². The molecule has 160 valence electrons. The van der Waals surface area contributed by atoms with Crippen molar-refractivity contribution in [3.63, 3.8) is 0 Å². The first-order valence-corrected chi connectivity index (χ1v) is 11.2. The van der Waals surface area contributed by atoms with Gasteiger partial charge in [-0.1, -0.05) is 68.4 Å². The molecule has 3 nitrogen and oxygen atoms in total. The SMILES string of the molecule is CCCN1CC(Oc2ccc(C(=C(CC)c3ccccc3)c3ccc(O)cc3)cc2)C1. The van der Waals surface area contributed by atoms with E-state index in [1.165, 1.54) is 23.1 Å². The zero-order chi connectivity index (χ0) is 21.6. The first kappa shape index (κ1) is 21.2. The molecule has 3 heteroatoms. The average molecular weight is 414 g/mol. The van der Waals surface area contributed by atoms with Crippen LogP contribution >= 0.6 is 0 Å².